The number of amides is 1. The number of hydrogen-bond acceptors (Lipinski definition) is 6. The molecule has 1 N–H and O–H groups in total. The number of hydrogen-bond donors (Lipinski definition) is 1. The van der Waals surface area contributed by atoms with Crippen LogP contribution >= 0.6 is 0 Å². The maximum absolute atomic E-state index is 12.5. The van der Waals surface area contributed by atoms with E-state index in [1.54, 1.807) is 13.0 Å². The van der Waals surface area contributed by atoms with Gasteiger partial charge in [-0.1, -0.05) is 6.07 Å². The molecule has 0 atom stereocenters. The van der Waals surface area contributed by atoms with E-state index in [-0.39, 0.29) is 17.2 Å². The number of nitrogens with zero attached hydrogens (tertiary/aromatic N) is 2. The Labute approximate surface area is 168 Å². The first-order valence-electron chi connectivity index (χ1n) is 9.05. The minimum absolute atomic E-state index is 0.124. The Morgan fingerprint density at radius 1 is 1.17 bits per heavy atom. The first-order chi connectivity index (χ1) is 13.8. The van der Waals surface area contributed by atoms with Crippen LogP contribution in [0.2, 0.25) is 0 Å². The highest BCUT2D eigenvalue weighted by Gasteiger charge is 2.27. The first kappa shape index (κ1) is 20.7. The quantitative estimate of drug-likeness (QED) is 0.544. The number of carbonyl (C=O) groups excluding carboxylic acids is 1. The number of aryl methyl sites for hydroxylation is 1. The van der Waals surface area contributed by atoms with E-state index in [0.717, 1.165) is 12.8 Å². The summed E-state index contributed by atoms with van der Waals surface area (Å²) >= 11 is 0. The number of rotatable bonds is 7. The Morgan fingerprint density at radius 3 is 2.45 bits per heavy atom. The largest absolute Gasteiger partial charge is 0.484 e. The fraction of sp³-hybridized carbons (Fsp3) is 0.316. The minimum atomic E-state index is -3.50. The molecule has 10 heteroatoms. The van der Waals surface area contributed by atoms with E-state index >= 15 is 0 Å². The summed E-state index contributed by atoms with van der Waals surface area (Å²) in [5.41, 5.74) is 0.891. The molecule has 1 fully saturated rings. The average Bonchev–Trinajstić information content (AvgIpc) is 3.24. The van der Waals surface area contributed by atoms with E-state index in [9.17, 15) is 23.3 Å². The van der Waals surface area contributed by atoms with Crippen molar-refractivity contribution < 1.29 is 22.9 Å². The van der Waals surface area contributed by atoms with Crippen molar-refractivity contribution in [2.24, 2.45) is 0 Å². The number of anilines is 1. The molecule has 1 heterocycles. The van der Waals surface area contributed by atoms with Gasteiger partial charge in [0.2, 0.25) is 10.0 Å². The van der Waals surface area contributed by atoms with Crippen LogP contribution in [0.4, 0.5) is 11.4 Å². The van der Waals surface area contributed by atoms with Crippen molar-refractivity contribution in [2.45, 2.75) is 24.7 Å². The van der Waals surface area contributed by atoms with Gasteiger partial charge in [0.1, 0.15) is 5.75 Å². The monoisotopic (exact) mass is 419 g/mol. The zero-order valence-corrected chi connectivity index (χ0v) is 16.6. The van der Waals surface area contributed by atoms with Crippen molar-refractivity contribution >= 4 is 27.3 Å². The second kappa shape index (κ2) is 8.58. The Balaban J connectivity index is 1.59. The zero-order valence-electron chi connectivity index (χ0n) is 15.8. The van der Waals surface area contributed by atoms with Gasteiger partial charge in [-0.3, -0.25) is 14.9 Å². The van der Waals surface area contributed by atoms with Gasteiger partial charge in [-0.15, -0.1) is 0 Å². The van der Waals surface area contributed by atoms with Crippen LogP contribution in [-0.2, 0) is 14.8 Å². The lowest BCUT2D eigenvalue weighted by Crippen LogP contribution is -2.27. The van der Waals surface area contributed by atoms with Gasteiger partial charge in [-0.05, 0) is 49.6 Å². The summed E-state index contributed by atoms with van der Waals surface area (Å²) in [6.45, 7) is 2.45. The predicted molar refractivity (Wildman–Crippen MR) is 106 cm³/mol. The lowest BCUT2D eigenvalue weighted by atomic mass is 10.2. The fourth-order valence-electron chi connectivity index (χ4n) is 2.98. The van der Waals surface area contributed by atoms with Gasteiger partial charge in [0.25, 0.3) is 11.6 Å². The molecular formula is C19H21N3O6S. The molecule has 0 spiro atoms. The van der Waals surface area contributed by atoms with Crippen LogP contribution < -0.4 is 10.1 Å². The van der Waals surface area contributed by atoms with Gasteiger partial charge in [-0.2, -0.15) is 4.31 Å². The number of non-ortho nitro benzene ring substituents is 1. The SMILES string of the molecule is Cc1ccc([N+](=O)[O-])cc1NC(=O)COc1ccc(S(=O)(=O)N2CCCC2)cc1. The number of benzene rings is 2. The maximum atomic E-state index is 12.5. The summed E-state index contributed by atoms with van der Waals surface area (Å²) in [6, 6.07) is 10.1. The molecule has 3 rings (SSSR count). The molecule has 154 valence electrons. The predicted octanol–water partition coefficient (Wildman–Crippen LogP) is 2.71. The van der Waals surface area contributed by atoms with Crippen molar-refractivity contribution in [2.75, 3.05) is 25.0 Å². The van der Waals surface area contributed by atoms with Crippen LogP contribution in [0.15, 0.2) is 47.4 Å². The Hall–Kier alpha value is -2.98. The minimum Gasteiger partial charge on any atom is -0.484 e. The lowest BCUT2D eigenvalue weighted by Gasteiger charge is -2.15. The number of nitro groups is 1. The molecule has 0 unspecified atom stereocenters. The van der Waals surface area contributed by atoms with E-state index in [1.165, 1.54) is 40.7 Å². The van der Waals surface area contributed by atoms with Crippen LogP contribution in [-0.4, -0.2) is 43.2 Å². The third-order valence-electron chi connectivity index (χ3n) is 4.60. The van der Waals surface area contributed by atoms with Crippen molar-refractivity contribution in [3.05, 3.63) is 58.1 Å². The molecule has 0 radical (unpaired) electrons. The molecule has 2 aromatic rings. The van der Waals surface area contributed by atoms with E-state index < -0.39 is 20.9 Å². The van der Waals surface area contributed by atoms with Crippen LogP contribution in [0.3, 0.4) is 0 Å². The normalized spacial score (nSPS) is 14.5. The fourth-order valence-corrected chi connectivity index (χ4v) is 4.50. The third-order valence-corrected chi connectivity index (χ3v) is 6.52. The van der Waals surface area contributed by atoms with Gasteiger partial charge in [0.05, 0.1) is 15.5 Å². The Bertz CT molecular complexity index is 1010. The smallest absolute Gasteiger partial charge is 0.271 e. The third kappa shape index (κ3) is 4.90. The Morgan fingerprint density at radius 2 is 1.83 bits per heavy atom. The van der Waals surface area contributed by atoms with Gasteiger partial charge >= 0.3 is 0 Å². The summed E-state index contributed by atoms with van der Waals surface area (Å²) in [5.74, 6) is -0.140. The standard InChI is InChI=1S/C19H21N3O6S/c1-14-4-5-15(22(24)25)12-18(14)20-19(23)13-28-16-6-8-17(9-7-16)29(26,27)21-10-2-3-11-21/h4-9,12H,2-3,10-11,13H2,1H3,(H,20,23). The molecule has 1 aliphatic rings. The van der Waals surface area contributed by atoms with Gasteiger partial charge < -0.3 is 10.1 Å². The maximum Gasteiger partial charge on any atom is 0.271 e. The van der Waals surface area contributed by atoms with E-state index in [4.69, 9.17) is 4.74 Å². The summed E-state index contributed by atoms with van der Waals surface area (Å²) in [4.78, 5) is 22.6. The van der Waals surface area contributed by atoms with Crippen LogP contribution in [0.25, 0.3) is 0 Å². The number of ether oxygens (including phenoxy) is 1. The molecule has 9 nitrogen and oxygen atoms in total. The molecule has 0 aliphatic carbocycles. The van der Waals surface area contributed by atoms with Crippen LogP contribution in [0, 0.1) is 17.0 Å². The molecule has 2 aromatic carbocycles. The molecule has 0 bridgehead atoms. The molecule has 1 aliphatic heterocycles. The van der Waals surface area contributed by atoms with E-state index in [2.05, 4.69) is 5.32 Å². The van der Waals surface area contributed by atoms with E-state index in [1.807, 2.05) is 0 Å². The molecular weight excluding hydrogens is 398 g/mol. The van der Waals surface area contributed by atoms with E-state index in [0.29, 0.717) is 30.1 Å². The summed E-state index contributed by atoms with van der Waals surface area (Å²) < 4.78 is 31.8. The number of carbonyl (C=O) groups is 1. The van der Waals surface area contributed by atoms with Crippen molar-refractivity contribution in [3.8, 4) is 5.75 Å². The topological polar surface area (TPSA) is 119 Å². The van der Waals surface area contributed by atoms with Crippen LogP contribution in [0.5, 0.6) is 5.75 Å². The molecule has 1 saturated heterocycles. The summed E-state index contributed by atoms with van der Waals surface area (Å²) in [7, 11) is -3.50. The summed E-state index contributed by atoms with van der Waals surface area (Å²) in [6.07, 6.45) is 1.72. The highest BCUT2D eigenvalue weighted by atomic mass is 32.2. The Kier molecular flexibility index (Phi) is 6.14. The molecule has 0 saturated carbocycles. The van der Waals surface area contributed by atoms with Gasteiger partial charge in [0.15, 0.2) is 6.61 Å². The number of nitro benzene ring substituents is 1. The van der Waals surface area contributed by atoms with Crippen molar-refractivity contribution in [3.63, 3.8) is 0 Å². The average molecular weight is 419 g/mol. The van der Waals surface area contributed by atoms with Gasteiger partial charge in [0, 0.05) is 25.2 Å². The van der Waals surface area contributed by atoms with Crippen molar-refractivity contribution in [1.82, 2.24) is 4.31 Å². The second-order valence-electron chi connectivity index (χ2n) is 6.68. The highest BCUT2D eigenvalue weighted by Crippen LogP contribution is 2.24. The van der Waals surface area contributed by atoms with Crippen molar-refractivity contribution in [1.29, 1.82) is 0 Å². The molecule has 1 amide bonds. The number of nitrogens with one attached hydrogen (secondary N) is 1. The first-order valence-corrected chi connectivity index (χ1v) is 10.5. The lowest BCUT2D eigenvalue weighted by molar-refractivity contribution is -0.384. The highest BCUT2D eigenvalue weighted by molar-refractivity contribution is 7.89. The van der Waals surface area contributed by atoms with Gasteiger partial charge in [-0.25, -0.2) is 8.42 Å². The molecule has 29 heavy (non-hydrogen) atoms. The molecule has 0 aromatic heterocycles. The summed E-state index contributed by atoms with van der Waals surface area (Å²) in [5, 5.41) is 13.4. The second-order valence-corrected chi connectivity index (χ2v) is 8.61. The number of sulfonamides is 1. The van der Waals surface area contributed by atoms with Crippen LogP contribution in [0.1, 0.15) is 18.4 Å². The zero-order chi connectivity index (χ0) is 21.0.